The summed E-state index contributed by atoms with van der Waals surface area (Å²) in [4.78, 5) is 31.8. The lowest BCUT2D eigenvalue weighted by Gasteiger charge is -2.24. The molecule has 3 aromatic carbocycles. The molecule has 0 saturated carbocycles. The summed E-state index contributed by atoms with van der Waals surface area (Å²) in [7, 11) is -1.57. The van der Waals surface area contributed by atoms with Gasteiger partial charge < -0.3 is 15.1 Å². The van der Waals surface area contributed by atoms with Gasteiger partial charge in [-0.25, -0.2) is 4.21 Å². The first-order chi connectivity index (χ1) is 18.0. The van der Waals surface area contributed by atoms with Gasteiger partial charge in [-0.15, -0.1) is 0 Å². The maximum atomic E-state index is 13.7. The van der Waals surface area contributed by atoms with Crippen LogP contribution < -0.4 is 10.2 Å². The number of benzene rings is 3. The number of rotatable bonds is 6. The summed E-state index contributed by atoms with van der Waals surface area (Å²) in [6.07, 6.45) is 4.95. The highest BCUT2D eigenvalue weighted by molar-refractivity contribution is 7.85. The van der Waals surface area contributed by atoms with Gasteiger partial charge in [0.2, 0.25) is 0 Å². The second-order valence-corrected chi connectivity index (χ2v) is 11.3. The minimum atomic E-state index is -1.57. The Balaban J connectivity index is 1.43. The zero-order chi connectivity index (χ0) is 25.8. The van der Waals surface area contributed by atoms with E-state index in [2.05, 4.69) is 10.2 Å². The molecular weight excluding hydrogens is 506 g/mol. The molecule has 6 nitrogen and oxygen atoms in total. The summed E-state index contributed by atoms with van der Waals surface area (Å²) in [5.41, 5.74) is 2.13. The number of carbonyl (C=O) groups excluding carboxylic acids is 2. The van der Waals surface area contributed by atoms with Gasteiger partial charge in [0.1, 0.15) is 0 Å². The molecule has 8 heteroatoms. The van der Waals surface area contributed by atoms with Gasteiger partial charge in [-0.1, -0.05) is 48.7 Å². The van der Waals surface area contributed by atoms with Gasteiger partial charge >= 0.3 is 0 Å². The van der Waals surface area contributed by atoms with E-state index in [-0.39, 0.29) is 18.4 Å². The van der Waals surface area contributed by atoms with E-state index < -0.39 is 10.8 Å². The Morgan fingerprint density at radius 1 is 0.919 bits per heavy atom. The van der Waals surface area contributed by atoms with Crippen molar-refractivity contribution >= 4 is 39.9 Å². The highest BCUT2D eigenvalue weighted by atomic mass is 35.5. The summed E-state index contributed by atoms with van der Waals surface area (Å²) >= 11 is 6.21. The minimum Gasteiger partial charge on any atom is -0.351 e. The van der Waals surface area contributed by atoms with Crippen LogP contribution in [0.4, 0.5) is 5.69 Å². The van der Waals surface area contributed by atoms with E-state index in [1.54, 1.807) is 53.4 Å². The second kappa shape index (κ2) is 11.6. The number of nitrogens with one attached hydrogen (secondary N) is 1. The Labute approximate surface area is 225 Å². The second-order valence-electron chi connectivity index (χ2n) is 9.48. The van der Waals surface area contributed by atoms with Crippen LogP contribution in [0.3, 0.4) is 0 Å². The third-order valence-corrected chi connectivity index (χ3v) is 8.65. The van der Waals surface area contributed by atoms with E-state index in [9.17, 15) is 13.8 Å². The van der Waals surface area contributed by atoms with Crippen LogP contribution in [0.15, 0.2) is 76.5 Å². The molecule has 192 valence electrons. The van der Waals surface area contributed by atoms with Crippen LogP contribution in [0.1, 0.15) is 52.0 Å². The van der Waals surface area contributed by atoms with Crippen LogP contribution in [0.25, 0.3) is 0 Å². The highest BCUT2D eigenvalue weighted by Crippen LogP contribution is 2.36. The molecule has 2 heterocycles. The maximum Gasteiger partial charge on any atom is 0.259 e. The molecule has 0 aliphatic carbocycles. The largest absolute Gasteiger partial charge is 0.351 e. The fourth-order valence-electron chi connectivity index (χ4n) is 4.97. The smallest absolute Gasteiger partial charge is 0.259 e. The molecular formula is C29H30ClN3O3S. The fourth-order valence-corrected chi connectivity index (χ4v) is 6.53. The molecule has 0 radical (unpaired) electrons. The fraction of sp³-hybridized carbons (Fsp3) is 0.310. The molecule has 3 aromatic rings. The van der Waals surface area contributed by atoms with Crippen molar-refractivity contribution in [3.8, 4) is 0 Å². The van der Waals surface area contributed by atoms with Crippen LogP contribution in [0.5, 0.6) is 0 Å². The van der Waals surface area contributed by atoms with Crippen LogP contribution in [-0.2, 0) is 17.3 Å². The topological polar surface area (TPSA) is 69.7 Å². The van der Waals surface area contributed by atoms with Crippen molar-refractivity contribution < 1.29 is 13.8 Å². The summed E-state index contributed by atoms with van der Waals surface area (Å²) in [5, 5.41) is 3.59. The molecule has 2 amide bonds. The number of amides is 2. The van der Waals surface area contributed by atoms with Crippen molar-refractivity contribution in [1.82, 2.24) is 10.2 Å². The predicted octanol–water partition coefficient (Wildman–Crippen LogP) is 5.27. The summed E-state index contributed by atoms with van der Waals surface area (Å²) in [5.74, 6) is -0.471. The SMILES string of the molecule is O=C(NCCN1CCCCCC1)c1ccc2c(c1)N(Cc1cccc(Cl)c1)C(=O)c1ccccc1[S@]2=O. The molecule has 1 N–H and O–H groups in total. The number of hydrogen-bond acceptors (Lipinski definition) is 4. The number of halogens is 1. The monoisotopic (exact) mass is 535 g/mol. The number of anilines is 1. The van der Waals surface area contributed by atoms with E-state index in [1.165, 1.54) is 25.7 Å². The van der Waals surface area contributed by atoms with Crippen molar-refractivity contribution in [3.05, 3.63) is 88.4 Å². The molecule has 2 aliphatic rings. The van der Waals surface area contributed by atoms with E-state index in [0.717, 1.165) is 25.2 Å². The number of likely N-dealkylation sites (tertiary alicyclic amines) is 1. The molecule has 0 aromatic heterocycles. The van der Waals surface area contributed by atoms with Gasteiger partial charge in [0, 0.05) is 23.7 Å². The lowest BCUT2D eigenvalue weighted by molar-refractivity contribution is 0.0945. The van der Waals surface area contributed by atoms with Gasteiger partial charge in [-0.05, 0) is 74.0 Å². The van der Waals surface area contributed by atoms with E-state index in [0.29, 0.717) is 38.2 Å². The lowest BCUT2D eigenvalue weighted by Crippen LogP contribution is -2.35. The molecule has 1 atom stereocenters. The average Bonchev–Trinajstić information content (AvgIpc) is 3.23. The molecule has 0 unspecified atom stereocenters. The molecule has 5 rings (SSSR count). The molecule has 0 spiro atoms. The van der Waals surface area contributed by atoms with Gasteiger partial charge in [0.25, 0.3) is 11.8 Å². The Morgan fingerprint density at radius 3 is 2.49 bits per heavy atom. The predicted molar refractivity (Wildman–Crippen MR) is 147 cm³/mol. The normalized spacial score (nSPS) is 17.9. The summed E-state index contributed by atoms with van der Waals surface area (Å²) < 4.78 is 13.6. The first-order valence-corrected chi connectivity index (χ1v) is 14.3. The van der Waals surface area contributed by atoms with Crippen LogP contribution in [0, 0.1) is 0 Å². The van der Waals surface area contributed by atoms with Crippen molar-refractivity contribution in [2.75, 3.05) is 31.1 Å². The standard InChI is InChI=1S/C29H30ClN3O3S/c30-23-9-7-8-21(18-23)20-33-25-19-22(28(34)31-14-17-32-15-5-1-2-6-16-32)12-13-27(25)37(36)26-11-4-3-10-24(26)29(33)35/h3-4,7-13,18-19H,1-2,5-6,14-17,20H2,(H,31,34)/t37-/m1/s1. The Hall–Kier alpha value is -3.00. The number of carbonyl (C=O) groups is 2. The molecule has 1 fully saturated rings. The Kier molecular flexibility index (Phi) is 8.03. The van der Waals surface area contributed by atoms with Crippen LogP contribution in [0.2, 0.25) is 5.02 Å². The number of fused-ring (bicyclic) bond motifs is 2. The van der Waals surface area contributed by atoms with Gasteiger partial charge in [0.05, 0.1) is 38.4 Å². The van der Waals surface area contributed by atoms with Crippen LogP contribution >= 0.6 is 11.6 Å². The van der Waals surface area contributed by atoms with Gasteiger partial charge in [-0.2, -0.15) is 0 Å². The number of nitrogens with zero attached hydrogens (tertiary/aromatic N) is 2. The van der Waals surface area contributed by atoms with E-state index in [1.807, 2.05) is 18.2 Å². The number of hydrogen-bond donors (Lipinski definition) is 1. The first-order valence-electron chi connectivity index (χ1n) is 12.7. The van der Waals surface area contributed by atoms with Crippen LogP contribution in [-0.4, -0.2) is 47.1 Å². The third kappa shape index (κ3) is 5.79. The first kappa shape index (κ1) is 25.6. The molecule has 1 saturated heterocycles. The highest BCUT2D eigenvalue weighted by Gasteiger charge is 2.31. The molecule has 2 aliphatic heterocycles. The van der Waals surface area contributed by atoms with Crippen molar-refractivity contribution in [1.29, 1.82) is 0 Å². The average molecular weight is 536 g/mol. The quantitative estimate of drug-likeness (QED) is 0.466. The van der Waals surface area contributed by atoms with Crippen molar-refractivity contribution in [2.24, 2.45) is 0 Å². The zero-order valence-corrected chi connectivity index (χ0v) is 22.2. The third-order valence-electron chi connectivity index (χ3n) is 6.92. The van der Waals surface area contributed by atoms with E-state index >= 15 is 0 Å². The molecule has 0 bridgehead atoms. The summed E-state index contributed by atoms with van der Waals surface area (Å²) in [6, 6.07) is 19.4. The van der Waals surface area contributed by atoms with E-state index in [4.69, 9.17) is 11.6 Å². The van der Waals surface area contributed by atoms with Gasteiger partial charge in [-0.3, -0.25) is 9.59 Å². The van der Waals surface area contributed by atoms with Gasteiger partial charge in [0.15, 0.2) is 0 Å². The minimum absolute atomic E-state index is 0.208. The van der Waals surface area contributed by atoms with Crippen molar-refractivity contribution in [2.45, 2.75) is 42.0 Å². The Bertz CT molecular complexity index is 1340. The molecule has 37 heavy (non-hydrogen) atoms. The zero-order valence-electron chi connectivity index (χ0n) is 20.6. The summed E-state index contributed by atoms with van der Waals surface area (Å²) in [6.45, 7) is 3.75. The maximum absolute atomic E-state index is 13.7. The Morgan fingerprint density at radius 2 is 1.70 bits per heavy atom. The van der Waals surface area contributed by atoms with Crippen molar-refractivity contribution in [3.63, 3.8) is 0 Å². The lowest BCUT2D eigenvalue weighted by atomic mass is 10.1.